The van der Waals surface area contributed by atoms with Gasteiger partial charge in [0.25, 0.3) is 0 Å². The Kier molecular flexibility index (Phi) is 6.24. The van der Waals surface area contributed by atoms with Crippen LogP contribution in [0.15, 0.2) is 34.9 Å². The zero-order chi connectivity index (χ0) is 17.6. The third-order valence-electron chi connectivity index (χ3n) is 5.02. The molecule has 0 bridgehead atoms. The van der Waals surface area contributed by atoms with Crippen LogP contribution < -0.4 is 0 Å². The molecule has 136 valence electrons. The van der Waals surface area contributed by atoms with Gasteiger partial charge in [0.15, 0.2) is 0 Å². The van der Waals surface area contributed by atoms with Gasteiger partial charge in [0.1, 0.15) is 5.76 Å². The SMILES string of the molecule is Cc1noc(C)c1CN(Cc1ccccc1)[C@H](C)CN1CCOCC1. The average molecular weight is 343 g/mol. The van der Waals surface area contributed by atoms with Crippen LogP contribution in [0.3, 0.4) is 0 Å². The Morgan fingerprint density at radius 1 is 1.12 bits per heavy atom. The molecule has 1 saturated heterocycles. The fraction of sp³-hybridized carbons (Fsp3) is 0.550. The number of hydrogen-bond donors (Lipinski definition) is 0. The van der Waals surface area contributed by atoms with Gasteiger partial charge in [-0.1, -0.05) is 35.5 Å². The van der Waals surface area contributed by atoms with E-state index >= 15 is 0 Å². The van der Waals surface area contributed by atoms with Crippen LogP contribution in [-0.2, 0) is 17.8 Å². The molecule has 1 aliphatic rings. The van der Waals surface area contributed by atoms with Crippen molar-refractivity contribution in [3.05, 3.63) is 52.9 Å². The Balaban J connectivity index is 1.73. The van der Waals surface area contributed by atoms with Crippen LogP contribution in [0.1, 0.15) is 29.5 Å². The minimum atomic E-state index is 0.437. The molecule has 0 N–H and O–H groups in total. The van der Waals surface area contributed by atoms with Crippen LogP contribution in [0.2, 0.25) is 0 Å². The standard InChI is InChI=1S/C20H29N3O2/c1-16(13-22-9-11-24-12-10-22)23(14-19-7-5-4-6-8-19)15-20-17(2)21-25-18(20)3/h4-8,16H,9-15H2,1-3H3/t16-/m1/s1. The van der Waals surface area contributed by atoms with Gasteiger partial charge in [-0.15, -0.1) is 0 Å². The van der Waals surface area contributed by atoms with Gasteiger partial charge in [0, 0.05) is 44.3 Å². The van der Waals surface area contributed by atoms with E-state index in [1.54, 1.807) is 0 Å². The molecule has 0 radical (unpaired) electrons. The number of benzene rings is 1. The summed E-state index contributed by atoms with van der Waals surface area (Å²) in [6.07, 6.45) is 0. The summed E-state index contributed by atoms with van der Waals surface area (Å²) >= 11 is 0. The highest BCUT2D eigenvalue weighted by Gasteiger charge is 2.22. The molecule has 3 rings (SSSR count). The van der Waals surface area contributed by atoms with Crippen LogP contribution in [0.25, 0.3) is 0 Å². The van der Waals surface area contributed by atoms with Crippen molar-refractivity contribution in [3.8, 4) is 0 Å². The molecule has 2 heterocycles. The molecule has 1 aromatic heterocycles. The maximum atomic E-state index is 5.48. The van der Waals surface area contributed by atoms with E-state index in [0.29, 0.717) is 6.04 Å². The summed E-state index contributed by atoms with van der Waals surface area (Å²) in [7, 11) is 0. The molecule has 1 aliphatic heterocycles. The maximum absolute atomic E-state index is 5.48. The van der Waals surface area contributed by atoms with Crippen molar-refractivity contribution in [1.82, 2.24) is 15.0 Å². The molecule has 0 spiro atoms. The Labute approximate surface area is 150 Å². The number of aryl methyl sites for hydroxylation is 2. The molecule has 1 fully saturated rings. The van der Waals surface area contributed by atoms with Crippen molar-refractivity contribution in [2.75, 3.05) is 32.8 Å². The highest BCUT2D eigenvalue weighted by Crippen LogP contribution is 2.19. The number of nitrogens with zero attached hydrogens (tertiary/aromatic N) is 3. The van der Waals surface area contributed by atoms with Crippen LogP contribution in [0, 0.1) is 13.8 Å². The van der Waals surface area contributed by atoms with E-state index in [-0.39, 0.29) is 0 Å². The van der Waals surface area contributed by atoms with E-state index in [1.165, 1.54) is 11.1 Å². The first-order valence-electron chi connectivity index (χ1n) is 9.13. The van der Waals surface area contributed by atoms with E-state index < -0.39 is 0 Å². The topological polar surface area (TPSA) is 41.7 Å². The zero-order valence-electron chi connectivity index (χ0n) is 15.6. The maximum Gasteiger partial charge on any atom is 0.138 e. The van der Waals surface area contributed by atoms with Crippen molar-refractivity contribution < 1.29 is 9.26 Å². The van der Waals surface area contributed by atoms with E-state index in [9.17, 15) is 0 Å². The van der Waals surface area contributed by atoms with Gasteiger partial charge in [0.2, 0.25) is 0 Å². The second-order valence-corrected chi connectivity index (χ2v) is 6.96. The zero-order valence-corrected chi connectivity index (χ0v) is 15.6. The molecule has 1 aromatic carbocycles. The number of morpholine rings is 1. The minimum Gasteiger partial charge on any atom is -0.379 e. The first-order chi connectivity index (χ1) is 12.1. The molecular weight excluding hydrogens is 314 g/mol. The molecule has 0 saturated carbocycles. The molecule has 25 heavy (non-hydrogen) atoms. The molecule has 0 amide bonds. The van der Waals surface area contributed by atoms with Crippen molar-refractivity contribution in [3.63, 3.8) is 0 Å². The lowest BCUT2D eigenvalue weighted by atomic mass is 10.1. The van der Waals surface area contributed by atoms with Gasteiger partial charge in [-0.25, -0.2) is 0 Å². The largest absolute Gasteiger partial charge is 0.379 e. The summed E-state index contributed by atoms with van der Waals surface area (Å²) in [5.41, 5.74) is 3.54. The summed E-state index contributed by atoms with van der Waals surface area (Å²) < 4.78 is 10.9. The van der Waals surface area contributed by atoms with Crippen molar-refractivity contribution in [2.24, 2.45) is 0 Å². The van der Waals surface area contributed by atoms with Crippen LogP contribution in [-0.4, -0.2) is 53.8 Å². The molecule has 2 aromatic rings. The van der Waals surface area contributed by atoms with Gasteiger partial charge in [0.05, 0.1) is 18.9 Å². The van der Waals surface area contributed by atoms with Gasteiger partial charge in [-0.2, -0.15) is 0 Å². The van der Waals surface area contributed by atoms with Crippen LogP contribution in [0.4, 0.5) is 0 Å². The number of aromatic nitrogens is 1. The molecule has 0 unspecified atom stereocenters. The monoisotopic (exact) mass is 343 g/mol. The Hall–Kier alpha value is -1.69. The van der Waals surface area contributed by atoms with Crippen molar-refractivity contribution in [1.29, 1.82) is 0 Å². The first kappa shape index (κ1) is 18.1. The lowest BCUT2D eigenvalue weighted by Crippen LogP contribution is -2.45. The number of rotatable bonds is 7. The molecule has 1 atom stereocenters. The first-order valence-corrected chi connectivity index (χ1v) is 9.13. The van der Waals surface area contributed by atoms with Crippen molar-refractivity contribution in [2.45, 2.75) is 39.9 Å². The lowest BCUT2D eigenvalue weighted by Gasteiger charge is -2.35. The van der Waals surface area contributed by atoms with Crippen LogP contribution >= 0.6 is 0 Å². The summed E-state index contributed by atoms with van der Waals surface area (Å²) in [4.78, 5) is 5.02. The third-order valence-corrected chi connectivity index (χ3v) is 5.02. The second-order valence-electron chi connectivity index (χ2n) is 6.96. The Morgan fingerprint density at radius 3 is 2.48 bits per heavy atom. The smallest absolute Gasteiger partial charge is 0.138 e. The third kappa shape index (κ3) is 4.91. The van der Waals surface area contributed by atoms with E-state index in [0.717, 1.165) is 57.4 Å². The summed E-state index contributed by atoms with van der Waals surface area (Å²) in [5.74, 6) is 0.925. The molecule has 0 aliphatic carbocycles. The van der Waals surface area contributed by atoms with Gasteiger partial charge in [-0.3, -0.25) is 9.80 Å². The Morgan fingerprint density at radius 2 is 1.84 bits per heavy atom. The van der Waals surface area contributed by atoms with E-state index in [4.69, 9.17) is 9.26 Å². The predicted octanol–water partition coefficient (Wildman–Crippen LogP) is 3.01. The second kappa shape index (κ2) is 8.61. The quantitative estimate of drug-likeness (QED) is 0.773. The van der Waals surface area contributed by atoms with E-state index in [2.05, 4.69) is 52.2 Å². The number of ether oxygens (including phenoxy) is 1. The molecule has 5 nitrogen and oxygen atoms in total. The van der Waals surface area contributed by atoms with Crippen molar-refractivity contribution >= 4 is 0 Å². The fourth-order valence-corrected chi connectivity index (χ4v) is 3.39. The lowest BCUT2D eigenvalue weighted by molar-refractivity contribution is 0.0225. The van der Waals surface area contributed by atoms with Crippen LogP contribution in [0.5, 0.6) is 0 Å². The average Bonchev–Trinajstić information content (AvgIpc) is 2.95. The van der Waals surface area contributed by atoms with Gasteiger partial charge >= 0.3 is 0 Å². The molecule has 5 heteroatoms. The summed E-state index contributed by atoms with van der Waals surface area (Å²) in [6, 6.07) is 11.1. The highest BCUT2D eigenvalue weighted by atomic mass is 16.5. The highest BCUT2D eigenvalue weighted by molar-refractivity contribution is 5.21. The summed E-state index contributed by atoms with van der Waals surface area (Å²) in [6.45, 7) is 12.9. The minimum absolute atomic E-state index is 0.437. The predicted molar refractivity (Wildman–Crippen MR) is 98.4 cm³/mol. The fourth-order valence-electron chi connectivity index (χ4n) is 3.39. The van der Waals surface area contributed by atoms with Gasteiger partial charge in [-0.05, 0) is 26.3 Å². The number of hydrogen-bond acceptors (Lipinski definition) is 5. The van der Waals surface area contributed by atoms with Gasteiger partial charge < -0.3 is 9.26 Å². The normalized spacial score (nSPS) is 17.1. The summed E-state index contributed by atoms with van der Waals surface area (Å²) in [5, 5.41) is 4.12. The molecular formula is C20H29N3O2. The van der Waals surface area contributed by atoms with E-state index in [1.807, 2.05) is 13.8 Å². The Bertz CT molecular complexity index is 631.